The molecule has 0 fully saturated rings. The van der Waals surface area contributed by atoms with Gasteiger partial charge in [-0.15, -0.1) is 0 Å². The molecule has 3 atom stereocenters. The highest BCUT2D eigenvalue weighted by molar-refractivity contribution is 7.47. The molecular weight excluding hydrogens is 721 g/mol. The molecule has 314 valence electrons. The number of hydrogen-bond acceptors (Lipinski definition) is 8. The minimum absolute atomic E-state index is 0.122. The third-order valence-electron chi connectivity index (χ3n) is 8.22. The second kappa shape index (κ2) is 37.8. The van der Waals surface area contributed by atoms with E-state index in [4.69, 9.17) is 13.8 Å². The first kappa shape index (κ1) is 51.9. The summed E-state index contributed by atoms with van der Waals surface area (Å²) >= 11 is 0. The Kier molecular flexibility index (Phi) is 35.7. The zero-order valence-electron chi connectivity index (χ0n) is 33.7. The number of hydrogen-bond donors (Lipinski definition) is 4. The fourth-order valence-electron chi connectivity index (χ4n) is 4.97. The highest BCUT2D eigenvalue weighted by Crippen LogP contribution is 2.43. The fourth-order valence-corrected chi connectivity index (χ4v) is 5.74. The molecule has 1 amide bonds. The van der Waals surface area contributed by atoms with E-state index in [1.54, 1.807) is 0 Å². The molecule has 0 saturated heterocycles. The maximum absolute atomic E-state index is 12.3. The number of aliphatic carboxylic acids is 1. The first-order chi connectivity index (χ1) is 26.6. The number of esters is 1. The van der Waals surface area contributed by atoms with E-state index < -0.39 is 57.6 Å². The summed E-state index contributed by atoms with van der Waals surface area (Å²) in [4.78, 5) is 45.8. The predicted octanol–water partition coefficient (Wildman–Crippen LogP) is 10.2. The Morgan fingerprint density at radius 3 is 1.58 bits per heavy atom. The van der Waals surface area contributed by atoms with Crippen LogP contribution < -0.4 is 5.32 Å². The molecule has 0 aliphatic heterocycles. The lowest BCUT2D eigenvalue weighted by Crippen LogP contribution is -2.43. The van der Waals surface area contributed by atoms with Crippen molar-refractivity contribution in [1.29, 1.82) is 0 Å². The summed E-state index contributed by atoms with van der Waals surface area (Å²) < 4.78 is 26.7. The van der Waals surface area contributed by atoms with E-state index in [9.17, 15) is 34.1 Å². The van der Waals surface area contributed by atoms with Crippen LogP contribution >= 0.6 is 7.82 Å². The van der Waals surface area contributed by atoms with Gasteiger partial charge in [-0.2, -0.15) is 0 Å². The number of amides is 1. The topological polar surface area (TPSA) is 169 Å². The van der Waals surface area contributed by atoms with Gasteiger partial charge in [0.15, 0.2) is 6.04 Å². The number of rotatable bonds is 37. The monoisotopic (exact) mass is 793 g/mol. The number of aliphatic hydroxyl groups excluding tert-OH is 1. The molecule has 55 heavy (non-hydrogen) atoms. The Labute approximate surface area is 331 Å². The van der Waals surface area contributed by atoms with Gasteiger partial charge < -0.3 is 25.2 Å². The number of carbonyl (C=O) groups is 3. The quantitative estimate of drug-likeness (QED) is 0.0206. The van der Waals surface area contributed by atoms with Gasteiger partial charge in [0.2, 0.25) is 5.91 Å². The van der Waals surface area contributed by atoms with Gasteiger partial charge >= 0.3 is 19.8 Å². The van der Waals surface area contributed by atoms with E-state index in [1.165, 1.54) is 32.1 Å². The third kappa shape index (κ3) is 37.6. The van der Waals surface area contributed by atoms with Gasteiger partial charge in [0.1, 0.15) is 12.7 Å². The van der Waals surface area contributed by atoms with Crippen LogP contribution in [0.25, 0.3) is 0 Å². The van der Waals surface area contributed by atoms with Gasteiger partial charge in [0, 0.05) is 12.8 Å². The third-order valence-corrected chi connectivity index (χ3v) is 9.17. The molecule has 0 heterocycles. The lowest BCUT2D eigenvalue weighted by atomic mass is 10.1. The second-order valence-corrected chi connectivity index (χ2v) is 14.9. The van der Waals surface area contributed by atoms with Gasteiger partial charge in [-0.1, -0.05) is 132 Å². The van der Waals surface area contributed by atoms with Crippen LogP contribution in [0.3, 0.4) is 0 Å². The molecule has 4 N–H and O–H groups in total. The van der Waals surface area contributed by atoms with E-state index in [-0.39, 0.29) is 12.8 Å². The maximum Gasteiger partial charge on any atom is 0.472 e. The van der Waals surface area contributed by atoms with Crippen LogP contribution in [0.2, 0.25) is 0 Å². The van der Waals surface area contributed by atoms with Crippen molar-refractivity contribution in [3.8, 4) is 0 Å². The average Bonchev–Trinajstić information content (AvgIpc) is 3.16. The predicted molar refractivity (Wildman–Crippen MR) is 221 cm³/mol. The second-order valence-electron chi connectivity index (χ2n) is 13.5. The Morgan fingerprint density at radius 2 is 1.04 bits per heavy atom. The first-order valence-corrected chi connectivity index (χ1v) is 22.0. The number of allylic oxidation sites excluding steroid dienone is 12. The highest BCUT2D eigenvalue weighted by atomic mass is 31.2. The molecule has 0 bridgehead atoms. The number of phosphoric acid groups is 1. The number of phosphoric ester groups is 1. The Hall–Kier alpha value is -3.08. The zero-order chi connectivity index (χ0) is 40.7. The summed E-state index contributed by atoms with van der Waals surface area (Å²) in [5, 5.41) is 21.8. The highest BCUT2D eigenvalue weighted by Gasteiger charge is 2.28. The minimum atomic E-state index is -4.77. The summed E-state index contributed by atoms with van der Waals surface area (Å²) in [5.74, 6) is -2.47. The van der Waals surface area contributed by atoms with E-state index >= 15 is 0 Å². The molecule has 0 aliphatic rings. The molecule has 0 radical (unpaired) electrons. The molecular formula is C43H72NO10P. The van der Waals surface area contributed by atoms with Crippen molar-refractivity contribution >= 4 is 25.7 Å². The van der Waals surface area contributed by atoms with Crippen LogP contribution in [0.4, 0.5) is 0 Å². The van der Waals surface area contributed by atoms with Crippen molar-refractivity contribution in [3.63, 3.8) is 0 Å². The molecule has 0 saturated carbocycles. The normalized spacial score (nSPS) is 14.5. The molecule has 0 aliphatic carbocycles. The zero-order valence-corrected chi connectivity index (χ0v) is 34.6. The number of aliphatic hydroxyl groups is 1. The van der Waals surface area contributed by atoms with Gasteiger partial charge in [-0.3, -0.25) is 18.6 Å². The number of carbonyl (C=O) groups excluding carboxylic acids is 2. The van der Waals surface area contributed by atoms with Gasteiger partial charge in [-0.25, -0.2) is 9.36 Å². The summed E-state index contributed by atoms with van der Waals surface area (Å²) in [6.07, 6.45) is 43.6. The number of unbranched alkanes of at least 4 members (excludes halogenated alkanes) is 11. The first-order valence-electron chi connectivity index (χ1n) is 20.5. The van der Waals surface area contributed by atoms with E-state index in [2.05, 4.69) is 79.9 Å². The number of nitrogens with one attached hydrogen (secondary N) is 1. The summed E-state index contributed by atoms with van der Waals surface area (Å²) in [6, 6.07) is -1.56. The van der Waals surface area contributed by atoms with Crippen molar-refractivity contribution in [2.45, 2.75) is 161 Å². The molecule has 0 rings (SSSR count). The summed E-state index contributed by atoms with van der Waals surface area (Å²) in [6.45, 7) is 2.43. The van der Waals surface area contributed by atoms with Crippen LogP contribution in [0.1, 0.15) is 149 Å². The lowest BCUT2D eigenvalue weighted by molar-refractivity contribution is -0.147. The van der Waals surface area contributed by atoms with Gasteiger partial charge in [-0.05, 0) is 77.0 Å². The van der Waals surface area contributed by atoms with Crippen molar-refractivity contribution in [2.75, 3.05) is 19.8 Å². The van der Waals surface area contributed by atoms with Crippen LogP contribution in [0, 0.1) is 0 Å². The SMILES string of the molecule is CCCC/C=C\C/C=C\CCCCCCCC(=O)NC(COP(=O)(O)OCC(O)COC(=O)CCC/C=C\C/C=C\C/C=C\C/C=C\CCCCC)C(=O)O. The van der Waals surface area contributed by atoms with E-state index in [0.29, 0.717) is 19.3 Å². The van der Waals surface area contributed by atoms with E-state index in [0.717, 1.165) is 70.6 Å². The van der Waals surface area contributed by atoms with Crippen LogP contribution in [-0.2, 0) is 32.7 Å². The van der Waals surface area contributed by atoms with Gasteiger partial charge in [0.05, 0.1) is 13.2 Å². The van der Waals surface area contributed by atoms with Crippen LogP contribution in [0.15, 0.2) is 72.9 Å². The van der Waals surface area contributed by atoms with Crippen molar-refractivity contribution in [3.05, 3.63) is 72.9 Å². The molecule has 0 aromatic rings. The fraction of sp³-hybridized carbons (Fsp3) is 0.651. The van der Waals surface area contributed by atoms with Crippen LogP contribution in [-0.4, -0.2) is 64.9 Å². The summed E-state index contributed by atoms with van der Waals surface area (Å²) in [5.41, 5.74) is 0. The molecule has 0 aromatic heterocycles. The Balaban J connectivity index is 4.04. The van der Waals surface area contributed by atoms with Crippen molar-refractivity contribution in [2.24, 2.45) is 0 Å². The molecule has 3 unspecified atom stereocenters. The lowest BCUT2D eigenvalue weighted by Gasteiger charge is -2.18. The Morgan fingerprint density at radius 1 is 0.582 bits per heavy atom. The number of carboxylic acid groups (broad SMARTS) is 1. The Bertz CT molecular complexity index is 1210. The van der Waals surface area contributed by atoms with E-state index in [1.807, 2.05) is 12.2 Å². The molecule has 0 aromatic carbocycles. The maximum atomic E-state index is 12.3. The van der Waals surface area contributed by atoms with Crippen LogP contribution in [0.5, 0.6) is 0 Å². The van der Waals surface area contributed by atoms with Gasteiger partial charge in [0.25, 0.3) is 0 Å². The standard InChI is InChI=1S/C43H72NO10P/c1-3-5-7-9-11-13-15-17-19-20-21-23-25-27-29-31-33-35-42(47)52-36-39(45)37-53-55(50,51)54-38-40(43(48)49)44-41(46)34-32-30-28-26-24-22-18-16-14-12-10-8-6-4-2/h10-13,16-19,21,23,27,29,39-40,45H,3-9,14-15,20,22,24-26,28,30-38H2,1-2H3,(H,44,46)(H,48,49)(H,50,51)/b12-10-,13-11-,18-16-,19-17-,23-21-,29-27-. The smallest absolute Gasteiger partial charge is 0.472 e. The minimum Gasteiger partial charge on any atom is -0.480 e. The number of carboxylic acids is 1. The molecule has 12 heteroatoms. The van der Waals surface area contributed by atoms with Crippen molar-refractivity contribution in [1.82, 2.24) is 5.32 Å². The summed E-state index contributed by atoms with van der Waals surface area (Å²) in [7, 11) is -4.77. The largest absolute Gasteiger partial charge is 0.480 e. The number of ether oxygens (including phenoxy) is 1. The molecule has 11 nitrogen and oxygen atoms in total. The van der Waals surface area contributed by atoms with Crippen molar-refractivity contribution < 1.29 is 47.8 Å². The average molecular weight is 794 g/mol. The molecule has 0 spiro atoms.